The smallest absolute Gasteiger partial charge is 0.357 e. The van der Waals surface area contributed by atoms with Crippen LogP contribution in [0.25, 0.3) is 0 Å². The van der Waals surface area contributed by atoms with Crippen LogP contribution >= 0.6 is 15.9 Å². The minimum Gasteiger partial charge on any atom is -0.467 e. The Labute approximate surface area is 245 Å². The van der Waals surface area contributed by atoms with Crippen LogP contribution in [0.15, 0.2) is 69.3 Å². The number of hydrogen-bond donors (Lipinski definition) is 0. The number of hydrogen-bond acceptors (Lipinski definition) is 9. The summed E-state index contributed by atoms with van der Waals surface area (Å²) in [5.41, 5.74) is 0.182. The number of rotatable bonds is 5. The third-order valence-corrected chi connectivity index (χ3v) is 8.20. The zero-order valence-electron chi connectivity index (χ0n) is 22.8. The summed E-state index contributed by atoms with van der Waals surface area (Å²) in [5, 5.41) is 0. The van der Waals surface area contributed by atoms with Crippen molar-refractivity contribution in [2.24, 2.45) is 4.99 Å². The number of methoxy groups -OCH3 is 3. The maximum atomic E-state index is 14.2. The molecule has 0 N–H and O–H groups in total. The minimum atomic E-state index is -1.21. The quantitative estimate of drug-likeness (QED) is 0.285. The largest absolute Gasteiger partial charge is 0.467 e. The third kappa shape index (κ3) is 4.21. The Morgan fingerprint density at radius 3 is 2.32 bits per heavy atom. The van der Waals surface area contributed by atoms with E-state index in [2.05, 4.69) is 32.8 Å². The highest BCUT2D eigenvalue weighted by Crippen LogP contribution is 2.57. The molecule has 0 bridgehead atoms. The van der Waals surface area contributed by atoms with Gasteiger partial charge in [0.1, 0.15) is 11.9 Å². The molecule has 1 saturated heterocycles. The second-order valence-corrected chi connectivity index (χ2v) is 10.5. The summed E-state index contributed by atoms with van der Waals surface area (Å²) in [5.74, 6) is 3.22. The SMILES string of the molecule is CC#CCN1c2ccccc2[C@@]23C[C@H](C(=O)OC)N(C(=O)c4ccc(Br)cc4)C2=NC(C(=O)OC)=C(C(=O)OC)[C@@H]13. The van der Waals surface area contributed by atoms with Gasteiger partial charge in [-0.2, -0.15) is 0 Å². The van der Waals surface area contributed by atoms with E-state index in [-0.39, 0.29) is 30.1 Å². The van der Waals surface area contributed by atoms with Crippen molar-refractivity contribution >= 4 is 51.3 Å². The van der Waals surface area contributed by atoms with Gasteiger partial charge in [-0.3, -0.25) is 9.69 Å². The van der Waals surface area contributed by atoms with Gasteiger partial charge in [-0.25, -0.2) is 19.4 Å². The zero-order chi connectivity index (χ0) is 29.5. The van der Waals surface area contributed by atoms with Gasteiger partial charge in [-0.1, -0.05) is 40.0 Å². The maximum absolute atomic E-state index is 14.2. The van der Waals surface area contributed by atoms with E-state index in [0.29, 0.717) is 5.56 Å². The summed E-state index contributed by atoms with van der Waals surface area (Å²) in [6.07, 6.45) is 0.0352. The lowest BCUT2D eigenvalue weighted by Gasteiger charge is -2.40. The Bertz CT molecular complexity index is 1590. The first-order valence-electron chi connectivity index (χ1n) is 12.7. The van der Waals surface area contributed by atoms with E-state index in [0.717, 1.165) is 15.7 Å². The summed E-state index contributed by atoms with van der Waals surface area (Å²) in [4.78, 5) is 62.0. The van der Waals surface area contributed by atoms with Crippen molar-refractivity contribution in [1.29, 1.82) is 0 Å². The number of halogens is 1. The Hall–Kier alpha value is -4.43. The van der Waals surface area contributed by atoms with Gasteiger partial charge >= 0.3 is 17.9 Å². The predicted octanol–water partition coefficient (Wildman–Crippen LogP) is 3.00. The third-order valence-electron chi connectivity index (χ3n) is 7.67. The number of nitrogens with zero attached hydrogens (tertiary/aromatic N) is 3. The molecule has 3 aliphatic heterocycles. The van der Waals surface area contributed by atoms with Crippen molar-refractivity contribution in [2.45, 2.75) is 30.8 Å². The van der Waals surface area contributed by atoms with Crippen LogP contribution in [0.1, 0.15) is 29.3 Å². The van der Waals surface area contributed by atoms with E-state index in [4.69, 9.17) is 14.2 Å². The molecule has 3 aliphatic rings. The van der Waals surface area contributed by atoms with Crippen LogP contribution in [0.5, 0.6) is 0 Å². The van der Waals surface area contributed by atoms with Crippen molar-refractivity contribution in [1.82, 2.24) is 4.90 Å². The minimum absolute atomic E-state index is 0.0352. The Morgan fingerprint density at radius 2 is 1.68 bits per heavy atom. The Morgan fingerprint density at radius 1 is 1.00 bits per heavy atom. The first kappa shape index (κ1) is 28.1. The number of aliphatic imine (C=N–C) groups is 1. The highest BCUT2D eigenvalue weighted by atomic mass is 79.9. The van der Waals surface area contributed by atoms with Gasteiger partial charge in [0, 0.05) is 15.7 Å². The predicted molar refractivity (Wildman–Crippen MR) is 152 cm³/mol. The summed E-state index contributed by atoms with van der Waals surface area (Å²) in [6.45, 7) is 1.88. The van der Waals surface area contributed by atoms with E-state index >= 15 is 0 Å². The molecule has 0 aliphatic carbocycles. The molecule has 1 fully saturated rings. The van der Waals surface area contributed by atoms with Crippen LogP contribution in [0.2, 0.25) is 0 Å². The van der Waals surface area contributed by atoms with Gasteiger partial charge in [-0.05, 0) is 49.2 Å². The molecule has 10 nitrogen and oxygen atoms in total. The van der Waals surface area contributed by atoms with Gasteiger partial charge in [0.2, 0.25) is 0 Å². The summed E-state index contributed by atoms with van der Waals surface area (Å²) in [7, 11) is 3.63. The van der Waals surface area contributed by atoms with Gasteiger partial charge in [0.25, 0.3) is 5.91 Å². The average molecular weight is 620 g/mol. The molecule has 1 amide bonds. The monoisotopic (exact) mass is 619 g/mol. The number of benzene rings is 2. The van der Waals surface area contributed by atoms with Crippen LogP contribution in [0.3, 0.4) is 0 Å². The standard InChI is InChI=1S/C30H26BrN3O7/c1-5-6-15-33-20-10-8-7-9-19(20)30-16-21(26(36)39-2)34(25(35)17-11-13-18(31)14-12-17)29(30)32-23(28(38)41-4)22(24(30)33)27(37)40-3/h7-14,21,24H,15-16H2,1-4H3/t21-,24-,30-/m1/s1. The zero-order valence-corrected chi connectivity index (χ0v) is 24.4. The van der Waals surface area contributed by atoms with Crippen LogP contribution in [0, 0.1) is 11.8 Å². The second-order valence-electron chi connectivity index (χ2n) is 9.55. The summed E-state index contributed by atoms with van der Waals surface area (Å²) < 4.78 is 16.1. The van der Waals surface area contributed by atoms with Gasteiger partial charge < -0.3 is 19.1 Å². The fraction of sp³-hybridized carbons (Fsp3) is 0.300. The molecular weight excluding hydrogens is 594 g/mol. The van der Waals surface area contributed by atoms with Crippen LogP contribution in [-0.4, -0.2) is 74.5 Å². The number of amidine groups is 1. The molecule has 0 saturated carbocycles. The molecular formula is C30H26BrN3O7. The number of anilines is 1. The lowest BCUT2D eigenvalue weighted by atomic mass is 9.69. The van der Waals surface area contributed by atoms with E-state index in [1.807, 2.05) is 29.2 Å². The van der Waals surface area contributed by atoms with Crippen molar-refractivity contribution in [2.75, 3.05) is 32.8 Å². The van der Waals surface area contributed by atoms with Crippen molar-refractivity contribution in [3.05, 3.63) is 75.4 Å². The van der Waals surface area contributed by atoms with Crippen LogP contribution < -0.4 is 4.90 Å². The number of carbonyl (C=O) groups is 4. The molecule has 5 rings (SSSR count). The molecule has 0 aromatic heterocycles. The number of esters is 3. The van der Waals surface area contributed by atoms with E-state index in [1.165, 1.54) is 26.2 Å². The van der Waals surface area contributed by atoms with Crippen LogP contribution in [0.4, 0.5) is 5.69 Å². The van der Waals surface area contributed by atoms with Crippen molar-refractivity contribution in [3.8, 4) is 11.8 Å². The summed E-state index contributed by atoms with van der Waals surface area (Å²) >= 11 is 3.38. The molecule has 3 heterocycles. The van der Waals surface area contributed by atoms with E-state index in [1.54, 1.807) is 31.2 Å². The van der Waals surface area contributed by atoms with E-state index < -0.39 is 41.3 Å². The van der Waals surface area contributed by atoms with E-state index in [9.17, 15) is 19.2 Å². The Balaban J connectivity index is 1.86. The lowest BCUT2D eigenvalue weighted by molar-refractivity contribution is -0.144. The molecule has 3 atom stereocenters. The fourth-order valence-electron chi connectivity index (χ4n) is 6.02. The number of para-hydroxylation sites is 1. The lowest BCUT2D eigenvalue weighted by Crippen LogP contribution is -2.56. The van der Waals surface area contributed by atoms with Gasteiger partial charge in [-0.15, -0.1) is 5.92 Å². The molecule has 2 aromatic carbocycles. The molecule has 210 valence electrons. The second kappa shape index (κ2) is 10.9. The first-order chi connectivity index (χ1) is 19.7. The molecule has 41 heavy (non-hydrogen) atoms. The fourth-order valence-corrected chi connectivity index (χ4v) is 6.29. The van der Waals surface area contributed by atoms with Gasteiger partial charge in [0.05, 0.1) is 44.9 Å². The maximum Gasteiger partial charge on any atom is 0.357 e. The highest BCUT2D eigenvalue weighted by Gasteiger charge is 2.67. The highest BCUT2D eigenvalue weighted by molar-refractivity contribution is 9.10. The van der Waals surface area contributed by atoms with Gasteiger partial charge in [0.15, 0.2) is 5.70 Å². The molecule has 2 aromatic rings. The molecule has 11 heteroatoms. The van der Waals surface area contributed by atoms with Crippen LogP contribution in [-0.2, 0) is 34.0 Å². The number of ether oxygens (including phenoxy) is 3. The molecule has 0 radical (unpaired) electrons. The average Bonchev–Trinajstić information content (AvgIpc) is 3.49. The molecule has 0 unspecified atom stereocenters. The number of amides is 1. The topological polar surface area (TPSA) is 115 Å². The van der Waals surface area contributed by atoms with Crippen molar-refractivity contribution < 1.29 is 33.4 Å². The number of fused-ring (bicyclic) bond motifs is 1. The first-order valence-corrected chi connectivity index (χ1v) is 13.5. The summed E-state index contributed by atoms with van der Waals surface area (Å²) in [6, 6.07) is 12.1. The molecule has 1 spiro atoms. The normalized spacial score (nSPS) is 22.0. The number of carbonyl (C=O) groups excluding carboxylic acids is 4. The van der Waals surface area contributed by atoms with Crippen molar-refractivity contribution in [3.63, 3.8) is 0 Å². The Kier molecular flexibility index (Phi) is 7.44. The number of likely N-dealkylation sites (tertiary alicyclic amines) is 1.